The maximum atomic E-state index is 9.28. The first kappa shape index (κ1) is 11.6. The highest BCUT2D eigenvalue weighted by molar-refractivity contribution is 9.10. The molecule has 3 heteroatoms. The summed E-state index contributed by atoms with van der Waals surface area (Å²) < 4.78 is 1.13. The topological polar surface area (TPSA) is 32.3 Å². The van der Waals surface area contributed by atoms with Gasteiger partial charge in [-0.15, -0.1) is 0 Å². The normalized spacial score (nSPS) is 17.5. The van der Waals surface area contributed by atoms with Gasteiger partial charge in [0, 0.05) is 10.2 Å². The standard InChI is InChI=1S/C15H14BrNO/c16-11-3-1-10-2-8-15(14(10)9-11)17-12-4-6-13(18)7-5-12/h1,3-7,9,15,17-18H,2,8H2. The van der Waals surface area contributed by atoms with Gasteiger partial charge in [-0.25, -0.2) is 0 Å². The lowest BCUT2D eigenvalue weighted by Gasteiger charge is -2.15. The van der Waals surface area contributed by atoms with Crippen LogP contribution in [0.5, 0.6) is 5.75 Å². The number of anilines is 1. The Kier molecular flexibility index (Phi) is 3.00. The fraction of sp³-hybridized carbons (Fsp3) is 0.200. The SMILES string of the molecule is Oc1ccc(NC2CCc3ccc(Br)cc32)cc1. The number of fused-ring (bicyclic) bond motifs is 1. The van der Waals surface area contributed by atoms with Crippen molar-refractivity contribution in [2.75, 3.05) is 5.32 Å². The number of hydrogen-bond donors (Lipinski definition) is 2. The fourth-order valence-electron chi connectivity index (χ4n) is 2.48. The highest BCUT2D eigenvalue weighted by atomic mass is 79.9. The lowest BCUT2D eigenvalue weighted by molar-refractivity contribution is 0.475. The number of aryl methyl sites for hydroxylation is 1. The van der Waals surface area contributed by atoms with Crippen LogP contribution in [0, 0.1) is 0 Å². The van der Waals surface area contributed by atoms with Gasteiger partial charge in [-0.1, -0.05) is 22.0 Å². The summed E-state index contributed by atoms with van der Waals surface area (Å²) in [5.74, 6) is 0.301. The molecular weight excluding hydrogens is 290 g/mol. The summed E-state index contributed by atoms with van der Waals surface area (Å²) >= 11 is 3.53. The monoisotopic (exact) mass is 303 g/mol. The molecule has 0 saturated heterocycles. The van der Waals surface area contributed by atoms with Gasteiger partial charge >= 0.3 is 0 Å². The number of phenolic OH excluding ortho intramolecular Hbond substituents is 1. The molecular formula is C15H14BrNO. The molecule has 0 amide bonds. The quantitative estimate of drug-likeness (QED) is 0.813. The predicted molar refractivity (Wildman–Crippen MR) is 76.9 cm³/mol. The molecule has 18 heavy (non-hydrogen) atoms. The molecule has 0 bridgehead atoms. The van der Waals surface area contributed by atoms with E-state index in [0.717, 1.165) is 23.0 Å². The maximum absolute atomic E-state index is 9.28. The zero-order valence-electron chi connectivity index (χ0n) is 9.86. The number of aromatic hydroxyl groups is 1. The molecule has 1 aliphatic carbocycles. The highest BCUT2D eigenvalue weighted by Gasteiger charge is 2.22. The Morgan fingerprint density at radius 2 is 1.89 bits per heavy atom. The van der Waals surface area contributed by atoms with Gasteiger partial charge in [0.15, 0.2) is 0 Å². The molecule has 0 radical (unpaired) electrons. The number of rotatable bonds is 2. The largest absolute Gasteiger partial charge is 0.508 e. The molecule has 0 spiro atoms. The summed E-state index contributed by atoms with van der Waals surface area (Å²) in [7, 11) is 0. The van der Waals surface area contributed by atoms with Gasteiger partial charge in [0.05, 0.1) is 6.04 Å². The lowest BCUT2D eigenvalue weighted by atomic mass is 10.1. The molecule has 2 nitrogen and oxygen atoms in total. The van der Waals surface area contributed by atoms with Crippen LogP contribution >= 0.6 is 15.9 Å². The number of halogens is 1. The van der Waals surface area contributed by atoms with Crippen molar-refractivity contribution < 1.29 is 5.11 Å². The molecule has 0 saturated carbocycles. The molecule has 0 fully saturated rings. The van der Waals surface area contributed by atoms with Crippen molar-refractivity contribution in [3.8, 4) is 5.75 Å². The van der Waals surface area contributed by atoms with E-state index in [1.54, 1.807) is 12.1 Å². The predicted octanol–water partition coefficient (Wildman–Crippen LogP) is 4.25. The van der Waals surface area contributed by atoms with Crippen LogP contribution < -0.4 is 5.32 Å². The first-order valence-corrected chi connectivity index (χ1v) is 6.85. The third kappa shape index (κ3) is 2.23. The average Bonchev–Trinajstić information content (AvgIpc) is 2.75. The Bertz CT molecular complexity index is 565. The maximum Gasteiger partial charge on any atom is 0.115 e. The molecule has 1 atom stereocenters. The average molecular weight is 304 g/mol. The smallest absolute Gasteiger partial charge is 0.115 e. The Hall–Kier alpha value is -1.48. The molecule has 3 rings (SSSR count). The van der Waals surface area contributed by atoms with Crippen LogP contribution in [0.15, 0.2) is 46.9 Å². The Morgan fingerprint density at radius 3 is 2.67 bits per heavy atom. The summed E-state index contributed by atoms with van der Waals surface area (Å²) in [5.41, 5.74) is 3.84. The van der Waals surface area contributed by atoms with E-state index in [9.17, 15) is 5.11 Å². The molecule has 1 unspecified atom stereocenters. The Labute approximate surface area is 115 Å². The van der Waals surface area contributed by atoms with Gasteiger partial charge in [0.1, 0.15) is 5.75 Å². The summed E-state index contributed by atoms with van der Waals surface area (Å²) in [6.45, 7) is 0. The minimum atomic E-state index is 0.301. The van der Waals surface area contributed by atoms with Crippen molar-refractivity contribution in [3.05, 3.63) is 58.1 Å². The van der Waals surface area contributed by atoms with E-state index in [0.29, 0.717) is 11.8 Å². The van der Waals surface area contributed by atoms with Gasteiger partial charge in [-0.05, 0) is 60.4 Å². The first-order valence-electron chi connectivity index (χ1n) is 6.06. The number of phenols is 1. The van der Waals surface area contributed by atoms with Crippen LogP contribution in [0.2, 0.25) is 0 Å². The molecule has 0 aromatic heterocycles. The third-order valence-corrected chi connectivity index (χ3v) is 3.89. The van der Waals surface area contributed by atoms with Crippen LogP contribution in [0.4, 0.5) is 5.69 Å². The van der Waals surface area contributed by atoms with Crippen LogP contribution in [0.3, 0.4) is 0 Å². The Balaban J connectivity index is 1.84. The van der Waals surface area contributed by atoms with Gasteiger partial charge < -0.3 is 10.4 Å². The van der Waals surface area contributed by atoms with Gasteiger partial charge in [0.2, 0.25) is 0 Å². The van der Waals surface area contributed by atoms with Crippen LogP contribution in [-0.4, -0.2) is 5.11 Å². The molecule has 2 aromatic carbocycles. The number of hydrogen-bond acceptors (Lipinski definition) is 2. The summed E-state index contributed by atoms with van der Waals surface area (Å²) in [6.07, 6.45) is 2.24. The van der Waals surface area contributed by atoms with E-state index in [2.05, 4.69) is 39.4 Å². The van der Waals surface area contributed by atoms with Gasteiger partial charge in [-0.2, -0.15) is 0 Å². The van der Waals surface area contributed by atoms with Crippen molar-refractivity contribution >= 4 is 21.6 Å². The first-order chi connectivity index (χ1) is 8.72. The molecule has 0 heterocycles. The summed E-state index contributed by atoms with van der Waals surface area (Å²) in [5, 5.41) is 12.8. The second-order valence-electron chi connectivity index (χ2n) is 4.63. The Morgan fingerprint density at radius 1 is 1.11 bits per heavy atom. The lowest BCUT2D eigenvalue weighted by Crippen LogP contribution is -2.06. The third-order valence-electron chi connectivity index (χ3n) is 3.39. The summed E-state index contributed by atoms with van der Waals surface area (Å²) in [4.78, 5) is 0. The molecule has 0 aliphatic heterocycles. The molecule has 1 aliphatic rings. The number of nitrogens with one attached hydrogen (secondary N) is 1. The van der Waals surface area contributed by atoms with Crippen LogP contribution in [0.25, 0.3) is 0 Å². The molecule has 2 aromatic rings. The van der Waals surface area contributed by atoms with E-state index in [-0.39, 0.29) is 0 Å². The number of benzene rings is 2. The second kappa shape index (κ2) is 4.65. The zero-order chi connectivity index (χ0) is 12.5. The molecule has 2 N–H and O–H groups in total. The van der Waals surface area contributed by atoms with E-state index < -0.39 is 0 Å². The molecule has 92 valence electrons. The van der Waals surface area contributed by atoms with Gasteiger partial charge in [-0.3, -0.25) is 0 Å². The fourth-order valence-corrected chi connectivity index (χ4v) is 2.86. The van der Waals surface area contributed by atoms with Crippen LogP contribution in [0.1, 0.15) is 23.6 Å². The van der Waals surface area contributed by atoms with Crippen molar-refractivity contribution in [1.29, 1.82) is 0 Å². The van der Waals surface area contributed by atoms with E-state index in [1.807, 2.05) is 12.1 Å². The van der Waals surface area contributed by atoms with Crippen molar-refractivity contribution in [2.45, 2.75) is 18.9 Å². The van der Waals surface area contributed by atoms with Crippen LogP contribution in [-0.2, 0) is 6.42 Å². The summed E-state index contributed by atoms with van der Waals surface area (Å²) in [6, 6.07) is 14.1. The van der Waals surface area contributed by atoms with Crippen molar-refractivity contribution in [2.24, 2.45) is 0 Å². The van der Waals surface area contributed by atoms with E-state index in [4.69, 9.17) is 0 Å². The van der Waals surface area contributed by atoms with E-state index >= 15 is 0 Å². The second-order valence-corrected chi connectivity index (χ2v) is 5.54. The van der Waals surface area contributed by atoms with Gasteiger partial charge in [0.25, 0.3) is 0 Å². The van der Waals surface area contributed by atoms with Crippen molar-refractivity contribution in [3.63, 3.8) is 0 Å². The minimum Gasteiger partial charge on any atom is -0.508 e. The van der Waals surface area contributed by atoms with E-state index in [1.165, 1.54) is 11.1 Å². The van der Waals surface area contributed by atoms with Crippen molar-refractivity contribution in [1.82, 2.24) is 0 Å². The minimum absolute atomic E-state index is 0.301. The zero-order valence-corrected chi connectivity index (χ0v) is 11.4. The highest BCUT2D eigenvalue weighted by Crippen LogP contribution is 2.35.